The summed E-state index contributed by atoms with van der Waals surface area (Å²) < 4.78 is 7.08. The third-order valence-corrected chi connectivity index (χ3v) is 2.92. The molecule has 0 saturated heterocycles. The number of rotatable bonds is 7. The van der Waals surface area contributed by atoms with Crippen LogP contribution in [-0.2, 0) is 4.74 Å². The van der Waals surface area contributed by atoms with Crippen molar-refractivity contribution >= 4 is 17.3 Å². The summed E-state index contributed by atoms with van der Waals surface area (Å²) in [6.45, 7) is 4.54. The van der Waals surface area contributed by atoms with Crippen molar-refractivity contribution in [3.05, 3.63) is 18.6 Å². The van der Waals surface area contributed by atoms with Crippen LogP contribution in [0.1, 0.15) is 13.3 Å². The minimum Gasteiger partial charge on any atom is -0.385 e. The zero-order chi connectivity index (χ0) is 13.7. The number of nitrogens with one attached hydrogen (secondary N) is 1. The highest BCUT2D eigenvalue weighted by molar-refractivity contribution is 5.66. The van der Waals surface area contributed by atoms with Gasteiger partial charge in [0.05, 0.1) is 6.20 Å². The van der Waals surface area contributed by atoms with Crippen LogP contribution in [0, 0.1) is 0 Å². The lowest BCUT2D eigenvalue weighted by Crippen LogP contribution is -2.22. The van der Waals surface area contributed by atoms with Crippen molar-refractivity contribution in [3.63, 3.8) is 0 Å². The van der Waals surface area contributed by atoms with Crippen LogP contribution in [0.3, 0.4) is 0 Å². The molecule has 2 rings (SSSR count). The highest BCUT2D eigenvalue weighted by Crippen LogP contribution is 2.19. The van der Waals surface area contributed by atoms with Gasteiger partial charge in [-0.3, -0.25) is 0 Å². The first-order valence-corrected chi connectivity index (χ1v) is 6.54. The molecule has 6 heteroatoms. The minimum atomic E-state index is 0.752. The van der Waals surface area contributed by atoms with E-state index in [0.29, 0.717) is 0 Å². The van der Waals surface area contributed by atoms with Crippen molar-refractivity contribution in [2.45, 2.75) is 13.3 Å². The van der Waals surface area contributed by atoms with Gasteiger partial charge in [-0.25, -0.2) is 9.97 Å². The first-order valence-electron chi connectivity index (χ1n) is 6.54. The van der Waals surface area contributed by atoms with Crippen LogP contribution in [0.25, 0.3) is 5.65 Å². The zero-order valence-corrected chi connectivity index (χ0v) is 11.8. The van der Waals surface area contributed by atoms with Crippen molar-refractivity contribution in [3.8, 4) is 0 Å². The van der Waals surface area contributed by atoms with E-state index < -0.39 is 0 Å². The van der Waals surface area contributed by atoms with Gasteiger partial charge in [-0.2, -0.15) is 0 Å². The summed E-state index contributed by atoms with van der Waals surface area (Å²) in [6, 6.07) is 0. The third kappa shape index (κ3) is 3.14. The number of nitrogens with zero attached hydrogens (tertiary/aromatic N) is 4. The van der Waals surface area contributed by atoms with Crippen LogP contribution in [-0.4, -0.2) is 48.2 Å². The topological polar surface area (TPSA) is 54.7 Å². The summed E-state index contributed by atoms with van der Waals surface area (Å²) in [7, 11) is 3.75. The molecule has 0 bridgehead atoms. The first kappa shape index (κ1) is 13.6. The van der Waals surface area contributed by atoms with Crippen LogP contribution in [0.2, 0.25) is 0 Å². The average molecular weight is 263 g/mol. The predicted octanol–water partition coefficient (Wildman–Crippen LogP) is 1.63. The second-order valence-corrected chi connectivity index (χ2v) is 4.41. The fraction of sp³-hybridized carbons (Fsp3) is 0.538. The molecule has 2 aromatic rings. The maximum Gasteiger partial charge on any atom is 0.180 e. The van der Waals surface area contributed by atoms with Gasteiger partial charge in [0.25, 0.3) is 0 Å². The molecule has 0 fully saturated rings. The Morgan fingerprint density at radius 2 is 2.32 bits per heavy atom. The van der Waals surface area contributed by atoms with E-state index >= 15 is 0 Å². The highest BCUT2D eigenvalue weighted by Gasteiger charge is 2.11. The summed E-state index contributed by atoms with van der Waals surface area (Å²) in [5, 5.41) is 3.24. The number of anilines is 2. The Kier molecular flexibility index (Phi) is 4.57. The van der Waals surface area contributed by atoms with E-state index in [1.54, 1.807) is 13.3 Å². The van der Waals surface area contributed by atoms with Crippen molar-refractivity contribution in [1.82, 2.24) is 14.4 Å². The summed E-state index contributed by atoms with van der Waals surface area (Å²) in [5.41, 5.74) is 0.876. The molecule has 19 heavy (non-hydrogen) atoms. The predicted molar refractivity (Wildman–Crippen MR) is 76.9 cm³/mol. The van der Waals surface area contributed by atoms with Crippen LogP contribution in [0.15, 0.2) is 18.6 Å². The molecule has 0 atom stereocenters. The Labute approximate surface area is 113 Å². The van der Waals surface area contributed by atoms with Gasteiger partial charge in [-0.1, -0.05) is 0 Å². The van der Waals surface area contributed by atoms with E-state index in [-0.39, 0.29) is 0 Å². The lowest BCUT2D eigenvalue weighted by molar-refractivity contribution is 0.196. The van der Waals surface area contributed by atoms with Gasteiger partial charge in [0.15, 0.2) is 11.5 Å². The number of aromatic nitrogens is 3. The second-order valence-electron chi connectivity index (χ2n) is 4.41. The van der Waals surface area contributed by atoms with E-state index in [0.717, 1.165) is 43.4 Å². The molecule has 0 saturated carbocycles. The summed E-state index contributed by atoms with van der Waals surface area (Å²) >= 11 is 0. The van der Waals surface area contributed by atoms with E-state index in [4.69, 9.17) is 4.74 Å². The second kappa shape index (κ2) is 6.38. The summed E-state index contributed by atoms with van der Waals surface area (Å²) in [4.78, 5) is 11.1. The average Bonchev–Trinajstić information content (AvgIpc) is 2.86. The Bertz CT molecular complexity index is 525. The minimum absolute atomic E-state index is 0.752. The molecule has 2 heterocycles. The Morgan fingerprint density at radius 1 is 1.47 bits per heavy atom. The van der Waals surface area contributed by atoms with Gasteiger partial charge in [-0.05, 0) is 13.3 Å². The molecule has 1 N–H and O–H groups in total. The normalized spacial score (nSPS) is 10.9. The molecule has 0 aliphatic rings. The SMILES string of the molecule is CCNc1cn2ccnc2c(N(C)CCCOC)n1. The molecule has 0 unspecified atom stereocenters. The Hall–Kier alpha value is -1.82. The molecule has 0 spiro atoms. The first-order chi connectivity index (χ1) is 9.26. The molecule has 0 aromatic carbocycles. The van der Waals surface area contributed by atoms with Crippen molar-refractivity contribution in [2.75, 3.05) is 44.1 Å². The number of imidazole rings is 1. The molecule has 0 aliphatic carbocycles. The highest BCUT2D eigenvalue weighted by atomic mass is 16.5. The number of methoxy groups -OCH3 is 1. The molecule has 2 aromatic heterocycles. The monoisotopic (exact) mass is 263 g/mol. The molecule has 6 nitrogen and oxygen atoms in total. The number of hydrogen-bond acceptors (Lipinski definition) is 5. The molecule has 0 amide bonds. The van der Waals surface area contributed by atoms with Crippen LogP contribution in [0.5, 0.6) is 0 Å². The van der Waals surface area contributed by atoms with Crippen LogP contribution >= 0.6 is 0 Å². The fourth-order valence-corrected chi connectivity index (χ4v) is 1.99. The fourth-order valence-electron chi connectivity index (χ4n) is 1.99. The van der Waals surface area contributed by atoms with Crippen molar-refractivity contribution in [1.29, 1.82) is 0 Å². The van der Waals surface area contributed by atoms with Crippen LogP contribution in [0.4, 0.5) is 11.6 Å². The van der Waals surface area contributed by atoms with E-state index in [9.17, 15) is 0 Å². The van der Waals surface area contributed by atoms with Gasteiger partial charge in [0.2, 0.25) is 0 Å². The smallest absolute Gasteiger partial charge is 0.180 e. The molecule has 0 radical (unpaired) electrons. The number of ether oxygens (including phenoxy) is 1. The molecular weight excluding hydrogens is 242 g/mol. The van der Waals surface area contributed by atoms with Gasteiger partial charge >= 0.3 is 0 Å². The summed E-state index contributed by atoms with van der Waals surface area (Å²) in [5.74, 6) is 1.75. The van der Waals surface area contributed by atoms with Gasteiger partial charge in [-0.15, -0.1) is 0 Å². The van der Waals surface area contributed by atoms with Gasteiger partial charge in [0, 0.05) is 46.2 Å². The van der Waals surface area contributed by atoms with Crippen LogP contribution < -0.4 is 10.2 Å². The largest absolute Gasteiger partial charge is 0.385 e. The number of fused-ring (bicyclic) bond motifs is 1. The standard InChI is InChI=1S/C13H21N5O/c1-4-14-11-10-18-8-6-15-12(18)13(16-11)17(2)7-5-9-19-3/h6,8,10,14H,4-5,7,9H2,1-3H3. The molecule has 104 valence electrons. The van der Waals surface area contributed by atoms with Crippen molar-refractivity contribution in [2.24, 2.45) is 0 Å². The van der Waals surface area contributed by atoms with Crippen molar-refractivity contribution < 1.29 is 4.74 Å². The molecular formula is C13H21N5O. The maximum absolute atomic E-state index is 5.08. The van der Waals surface area contributed by atoms with Gasteiger partial charge in [0.1, 0.15) is 5.82 Å². The van der Waals surface area contributed by atoms with Gasteiger partial charge < -0.3 is 19.4 Å². The zero-order valence-electron chi connectivity index (χ0n) is 11.8. The Balaban J connectivity index is 2.26. The number of hydrogen-bond donors (Lipinski definition) is 1. The Morgan fingerprint density at radius 3 is 3.05 bits per heavy atom. The quantitative estimate of drug-likeness (QED) is 0.770. The van der Waals surface area contributed by atoms with E-state index in [1.807, 2.05) is 23.8 Å². The summed E-state index contributed by atoms with van der Waals surface area (Å²) in [6.07, 6.45) is 6.65. The lowest BCUT2D eigenvalue weighted by atomic mass is 10.4. The molecule has 0 aliphatic heterocycles. The third-order valence-electron chi connectivity index (χ3n) is 2.92. The van der Waals surface area contributed by atoms with E-state index in [2.05, 4.69) is 27.1 Å². The van der Waals surface area contributed by atoms with E-state index in [1.165, 1.54) is 0 Å². The lowest BCUT2D eigenvalue weighted by Gasteiger charge is -2.19. The maximum atomic E-state index is 5.08.